The fourth-order valence-electron chi connectivity index (χ4n) is 6.60. The maximum atomic E-state index is 12.6. The first kappa shape index (κ1) is 49.6. The lowest BCUT2D eigenvalue weighted by molar-refractivity contribution is -0.150. The maximum absolute atomic E-state index is 12.6. The van der Waals surface area contributed by atoms with Crippen LogP contribution in [0.5, 0.6) is 0 Å². The van der Waals surface area contributed by atoms with Gasteiger partial charge in [-0.1, -0.05) is 129 Å². The molecule has 1 atom stereocenters. The zero-order valence-electron chi connectivity index (χ0n) is 33.2. The summed E-state index contributed by atoms with van der Waals surface area (Å²) in [7, 11) is 0. The number of halogens is 3. The second-order valence-corrected chi connectivity index (χ2v) is 14.8. The number of hydrogen-bond acceptors (Lipinski definition) is 6. The van der Waals surface area contributed by atoms with Crippen molar-refractivity contribution in [2.45, 2.75) is 225 Å². The van der Waals surface area contributed by atoms with Gasteiger partial charge in [0.05, 0.1) is 13.2 Å². The van der Waals surface area contributed by atoms with Gasteiger partial charge in [0, 0.05) is 25.8 Å². The first-order chi connectivity index (χ1) is 24.7. The van der Waals surface area contributed by atoms with E-state index in [1.807, 2.05) is 0 Å². The van der Waals surface area contributed by atoms with Gasteiger partial charge in [-0.2, -0.15) is 13.2 Å². The lowest BCUT2D eigenvalue weighted by Gasteiger charge is -2.21. The smallest absolute Gasteiger partial charge is 0.389 e. The molecule has 1 N–H and O–H groups in total. The van der Waals surface area contributed by atoms with E-state index in [4.69, 9.17) is 9.47 Å². The third-order valence-corrected chi connectivity index (χ3v) is 9.80. The molecular weight excluding hydrogens is 655 g/mol. The Morgan fingerprint density at radius 3 is 1.53 bits per heavy atom. The Morgan fingerprint density at radius 2 is 0.980 bits per heavy atom. The van der Waals surface area contributed by atoms with Crippen LogP contribution in [0.4, 0.5) is 13.2 Å². The predicted octanol–water partition coefficient (Wildman–Crippen LogP) is 12.4. The summed E-state index contributed by atoms with van der Waals surface area (Å²) in [4.78, 5) is 26.9. The zero-order valence-corrected chi connectivity index (χ0v) is 33.2. The van der Waals surface area contributed by atoms with Crippen molar-refractivity contribution in [3.05, 3.63) is 0 Å². The highest BCUT2D eigenvalue weighted by Gasteiger charge is 2.25. The first-order valence-electron chi connectivity index (χ1n) is 21.5. The molecular formula is C42H80F3NO5. The topological polar surface area (TPSA) is 76.1 Å². The summed E-state index contributed by atoms with van der Waals surface area (Å²) in [6, 6.07) is 0. The Bertz CT molecular complexity index is 767. The summed E-state index contributed by atoms with van der Waals surface area (Å²) in [5.74, 6) is -0.164. The van der Waals surface area contributed by atoms with Gasteiger partial charge in [-0.3, -0.25) is 9.59 Å². The Balaban J connectivity index is 3.87. The van der Waals surface area contributed by atoms with Crippen LogP contribution in [0.25, 0.3) is 0 Å². The van der Waals surface area contributed by atoms with Gasteiger partial charge in [0.2, 0.25) is 0 Å². The highest BCUT2D eigenvalue weighted by atomic mass is 19.4. The second kappa shape index (κ2) is 37.0. The second-order valence-electron chi connectivity index (χ2n) is 14.8. The van der Waals surface area contributed by atoms with Crippen molar-refractivity contribution >= 4 is 11.9 Å². The van der Waals surface area contributed by atoms with E-state index in [1.165, 1.54) is 51.4 Å². The van der Waals surface area contributed by atoms with Crippen LogP contribution in [0.15, 0.2) is 0 Å². The monoisotopic (exact) mass is 736 g/mol. The molecule has 0 aromatic rings. The number of aliphatic hydroxyl groups excluding tert-OH is 1. The van der Waals surface area contributed by atoms with E-state index in [1.54, 1.807) is 0 Å². The highest BCUT2D eigenvalue weighted by Crippen LogP contribution is 2.23. The van der Waals surface area contributed by atoms with Crippen LogP contribution < -0.4 is 0 Å². The summed E-state index contributed by atoms with van der Waals surface area (Å²) in [6.07, 6.45) is 25.3. The van der Waals surface area contributed by atoms with Gasteiger partial charge in [0.1, 0.15) is 6.10 Å². The Kier molecular flexibility index (Phi) is 36.0. The fraction of sp³-hybridized carbons (Fsp3) is 0.952. The van der Waals surface area contributed by atoms with Crippen molar-refractivity contribution in [2.24, 2.45) is 0 Å². The number of aliphatic hydroxyl groups is 1. The molecule has 51 heavy (non-hydrogen) atoms. The van der Waals surface area contributed by atoms with Crippen molar-refractivity contribution in [3.8, 4) is 0 Å². The number of alkyl halides is 3. The summed E-state index contributed by atoms with van der Waals surface area (Å²) in [5.41, 5.74) is 0. The van der Waals surface area contributed by atoms with Crippen LogP contribution in [-0.4, -0.2) is 67.1 Å². The molecule has 0 spiro atoms. The summed E-state index contributed by atoms with van der Waals surface area (Å²) in [5, 5.41) is 9.50. The molecule has 0 saturated carbocycles. The molecule has 0 aliphatic heterocycles. The molecule has 0 heterocycles. The van der Waals surface area contributed by atoms with Gasteiger partial charge in [-0.25, -0.2) is 0 Å². The Morgan fingerprint density at radius 1 is 0.549 bits per heavy atom. The largest absolute Gasteiger partial charge is 0.466 e. The lowest BCUT2D eigenvalue weighted by Crippen LogP contribution is -2.29. The van der Waals surface area contributed by atoms with Crippen LogP contribution in [0.1, 0.15) is 213 Å². The lowest BCUT2D eigenvalue weighted by atomic mass is 10.0. The Hall–Kier alpha value is -1.35. The van der Waals surface area contributed by atoms with Gasteiger partial charge >= 0.3 is 18.1 Å². The van der Waals surface area contributed by atoms with Crippen molar-refractivity contribution in [3.63, 3.8) is 0 Å². The number of rotatable bonds is 39. The average Bonchev–Trinajstić information content (AvgIpc) is 3.09. The van der Waals surface area contributed by atoms with Gasteiger partial charge in [-0.15, -0.1) is 0 Å². The van der Waals surface area contributed by atoms with Gasteiger partial charge < -0.3 is 19.5 Å². The van der Waals surface area contributed by atoms with Crippen LogP contribution in [0.3, 0.4) is 0 Å². The molecule has 0 aromatic heterocycles. The highest BCUT2D eigenvalue weighted by molar-refractivity contribution is 5.69. The number of carbonyl (C=O) groups is 2. The zero-order chi connectivity index (χ0) is 37.7. The Labute approximate surface area is 311 Å². The molecule has 0 aromatic carbocycles. The molecule has 0 radical (unpaired) electrons. The van der Waals surface area contributed by atoms with E-state index in [2.05, 4.69) is 18.7 Å². The third-order valence-electron chi connectivity index (χ3n) is 9.80. The molecule has 0 saturated heterocycles. The minimum atomic E-state index is -4.04. The number of esters is 2. The molecule has 304 valence electrons. The van der Waals surface area contributed by atoms with Crippen LogP contribution in [0.2, 0.25) is 0 Å². The van der Waals surface area contributed by atoms with Crippen molar-refractivity contribution in [2.75, 3.05) is 32.8 Å². The number of carbonyl (C=O) groups excluding carboxylic acids is 2. The SMILES string of the molecule is CCCCCCCCC(CCCCCC)OC(=O)CCCCCCCN(CCO)CCCCCC(=O)OCCCCCCCCCCC(F)(F)F. The predicted molar refractivity (Wildman–Crippen MR) is 205 cm³/mol. The molecule has 9 heteroatoms. The van der Waals surface area contributed by atoms with Crippen LogP contribution in [-0.2, 0) is 19.1 Å². The van der Waals surface area contributed by atoms with E-state index >= 15 is 0 Å². The first-order valence-corrected chi connectivity index (χ1v) is 21.5. The third kappa shape index (κ3) is 38.2. The van der Waals surface area contributed by atoms with E-state index in [9.17, 15) is 27.9 Å². The van der Waals surface area contributed by atoms with E-state index < -0.39 is 12.6 Å². The minimum Gasteiger partial charge on any atom is -0.466 e. The van der Waals surface area contributed by atoms with Crippen LogP contribution >= 0.6 is 0 Å². The molecule has 0 bridgehead atoms. The number of nitrogens with zero attached hydrogens (tertiary/aromatic N) is 1. The molecule has 0 rings (SSSR count). The molecule has 0 aliphatic carbocycles. The van der Waals surface area contributed by atoms with Gasteiger partial charge in [-0.05, 0) is 77.3 Å². The molecule has 0 amide bonds. The average molecular weight is 736 g/mol. The molecule has 1 unspecified atom stereocenters. The summed E-state index contributed by atoms with van der Waals surface area (Å²) < 4.78 is 47.7. The van der Waals surface area contributed by atoms with Gasteiger partial charge in [0.25, 0.3) is 0 Å². The quantitative estimate of drug-likeness (QED) is 0.0500. The maximum Gasteiger partial charge on any atom is 0.389 e. The fourth-order valence-corrected chi connectivity index (χ4v) is 6.60. The van der Waals surface area contributed by atoms with Crippen molar-refractivity contribution in [1.29, 1.82) is 0 Å². The van der Waals surface area contributed by atoms with E-state index in [-0.39, 0.29) is 31.1 Å². The van der Waals surface area contributed by atoms with Crippen LogP contribution in [0, 0.1) is 0 Å². The normalized spacial score (nSPS) is 12.5. The van der Waals surface area contributed by atoms with Gasteiger partial charge in [0.15, 0.2) is 0 Å². The summed E-state index contributed by atoms with van der Waals surface area (Å²) >= 11 is 0. The van der Waals surface area contributed by atoms with E-state index in [0.717, 1.165) is 129 Å². The van der Waals surface area contributed by atoms with E-state index in [0.29, 0.717) is 32.4 Å². The molecule has 0 fully saturated rings. The minimum absolute atomic E-state index is 0.0207. The number of ether oxygens (including phenoxy) is 2. The standard InChI is InChI=1S/C42H80F3NO5/c1-3-5-7-9-15-22-30-39(29-21-8-6-4-2)51-41(49)32-23-16-14-18-26-34-46(36-37-47)35-27-20-24-31-40(48)50-38-28-19-13-11-10-12-17-25-33-42(43,44)45/h39,47H,3-38H2,1-2H3. The van der Waals surface area contributed by atoms with Crippen molar-refractivity contribution in [1.82, 2.24) is 4.90 Å². The molecule has 0 aliphatic rings. The number of hydrogen-bond donors (Lipinski definition) is 1. The molecule has 6 nitrogen and oxygen atoms in total. The summed E-state index contributed by atoms with van der Waals surface area (Å²) in [6.45, 7) is 7.61. The van der Waals surface area contributed by atoms with Crippen molar-refractivity contribution < 1.29 is 37.3 Å². The number of unbranched alkanes of at least 4 members (excludes halogenated alkanes) is 21.